The van der Waals surface area contributed by atoms with Crippen molar-refractivity contribution in [3.8, 4) is 0 Å². The normalized spacial score (nSPS) is 24.4. The van der Waals surface area contributed by atoms with Crippen LogP contribution in [0.2, 0.25) is 0 Å². The van der Waals surface area contributed by atoms with Crippen molar-refractivity contribution in [1.29, 1.82) is 0 Å². The summed E-state index contributed by atoms with van der Waals surface area (Å²) in [7, 11) is 0. The number of hydrogen-bond acceptors (Lipinski definition) is 3. The van der Waals surface area contributed by atoms with E-state index in [1.807, 2.05) is 11.0 Å². The number of carbonyl (C=O) groups is 1. The van der Waals surface area contributed by atoms with E-state index in [4.69, 9.17) is 0 Å². The molecule has 0 aliphatic carbocycles. The first-order valence-corrected chi connectivity index (χ1v) is 9.36. The Kier molecular flexibility index (Phi) is 4.14. The van der Waals surface area contributed by atoms with Crippen LogP contribution in [0.15, 0.2) is 41.1 Å². The number of nitrogens with zero attached hydrogens (tertiary/aromatic N) is 2. The van der Waals surface area contributed by atoms with Gasteiger partial charge in [0.05, 0.1) is 5.41 Å². The maximum atomic E-state index is 13.4. The lowest BCUT2D eigenvalue weighted by Crippen LogP contribution is -2.36. The monoisotopic (exact) mass is 344 g/mol. The first-order chi connectivity index (χ1) is 11.6. The number of amides is 1. The molecule has 2 aliphatic heterocycles. The summed E-state index contributed by atoms with van der Waals surface area (Å²) in [4.78, 5) is 17.3. The number of halogens is 1. The van der Waals surface area contributed by atoms with Crippen LogP contribution in [0.5, 0.6) is 0 Å². The quantitative estimate of drug-likeness (QED) is 0.847. The highest BCUT2D eigenvalue weighted by Gasteiger charge is 2.50. The van der Waals surface area contributed by atoms with Crippen LogP contribution < -0.4 is 0 Å². The summed E-state index contributed by atoms with van der Waals surface area (Å²) in [5.74, 6) is 0.0104. The van der Waals surface area contributed by atoms with E-state index in [1.165, 1.54) is 17.7 Å². The Morgan fingerprint density at radius 1 is 1.12 bits per heavy atom. The van der Waals surface area contributed by atoms with Gasteiger partial charge in [0.25, 0.3) is 0 Å². The van der Waals surface area contributed by atoms with Crippen LogP contribution in [-0.4, -0.2) is 35.3 Å². The molecular weight excluding hydrogens is 323 g/mol. The maximum Gasteiger partial charge on any atom is 0.230 e. The second-order valence-electron chi connectivity index (χ2n) is 6.98. The Balaban J connectivity index is 1.41. The molecule has 5 heteroatoms. The molecule has 1 aromatic carbocycles. The third kappa shape index (κ3) is 2.98. The van der Waals surface area contributed by atoms with Crippen LogP contribution in [0, 0.1) is 11.2 Å². The molecule has 0 unspecified atom stereocenters. The van der Waals surface area contributed by atoms with E-state index < -0.39 is 0 Å². The molecule has 1 aromatic heterocycles. The van der Waals surface area contributed by atoms with Crippen molar-refractivity contribution >= 4 is 17.2 Å². The van der Waals surface area contributed by atoms with Crippen LogP contribution in [0.25, 0.3) is 0 Å². The van der Waals surface area contributed by atoms with Gasteiger partial charge in [0, 0.05) is 26.2 Å². The highest BCUT2D eigenvalue weighted by molar-refractivity contribution is 7.07. The average molecular weight is 344 g/mol. The Labute approximate surface area is 145 Å². The van der Waals surface area contributed by atoms with Crippen molar-refractivity contribution < 1.29 is 9.18 Å². The van der Waals surface area contributed by atoms with E-state index in [2.05, 4.69) is 21.7 Å². The van der Waals surface area contributed by atoms with Gasteiger partial charge in [-0.2, -0.15) is 11.3 Å². The number of hydrogen-bond donors (Lipinski definition) is 0. The van der Waals surface area contributed by atoms with Crippen LogP contribution in [0.3, 0.4) is 0 Å². The number of likely N-dealkylation sites (tertiary alicyclic amines) is 2. The minimum absolute atomic E-state index is 0.219. The summed E-state index contributed by atoms with van der Waals surface area (Å²) in [6, 6.07) is 8.71. The summed E-state index contributed by atoms with van der Waals surface area (Å²) in [6.45, 7) is 4.06. The van der Waals surface area contributed by atoms with E-state index in [1.54, 1.807) is 17.4 Å². The number of thiophene rings is 1. The van der Waals surface area contributed by atoms with Crippen LogP contribution in [0.4, 0.5) is 4.39 Å². The summed E-state index contributed by atoms with van der Waals surface area (Å²) in [5.41, 5.74) is 1.98. The van der Waals surface area contributed by atoms with Crippen molar-refractivity contribution in [3.05, 3.63) is 58.0 Å². The molecular formula is C19H21FN2OS. The topological polar surface area (TPSA) is 23.6 Å². The third-order valence-electron chi connectivity index (χ3n) is 5.28. The lowest BCUT2D eigenvalue weighted by atomic mass is 9.85. The van der Waals surface area contributed by atoms with Crippen LogP contribution in [0.1, 0.15) is 24.0 Å². The molecule has 126 valence electrons. The number of rotatable bonds is 4. The van der Waals surface area contributed by atoms with Gasteiger partial charge in [0.2, 0.25) is 5.91 Å². The van der Waals surface area contributed by atoms with Crippen LogP contribution >= 0.6 is 11.3 Å². The van der Waals surface area contributed by atoms with E-state index in [0.29, 0.717) is 6.54 Å². The second kappa shape index (κ2) is 6.30. The lowest BCUT2D eigenvalue weighted by molar-refractivity contribution is -0.136. The maximum absolute atomic E-state index is 13.4. The van der Waals surface area contributed by atoms with Gasteiger partial charge in [-0.15, -0.1) is 0 Å². The highest BCUT2D eigenvalue weighted by atomic mass is 32.1. The van der Waals surface area contributed by atoms with Gasteiger partial charge in [0.15, 0.2) is 0 Å². The largest absolute Gasteiger partial charge is 0.338 e. The van der Waals surface area contributed by atoms with Gasteiger partial charge in [-0.1, -0.05) is 12.1 Å². The Bertz CT molecular complexity index is 733. The van der Waals surface area contributed by atoms with Crippen molar-refractivity contribution in [2.45, 2.75) is 25.9 Å². The molecule has 2 aromatic rings. The summed E-state index contributed by atoms with van der Waals surface area (Å²) < 4.78 is 13.4. The summed E-state index contributed by atoms with van der Waals surface area (Å²) in [6.07, 6.45) is 1.86. The number of carbonyl (C=O) groups excluding carboxylic acids is 1. The molecule has 2 saturated heterocycles. The Hall–Kier alpha value is -1.72. The standard InChI is InChI=1S/C19H21FN2OS/c20-17-3-1-2-15(10-17)12-22-8-6-19(18(22)23)5-7-21(14-19)11-16-4-9-24-13-16/h1-4,9-10,13H,5-8,11-12,14H2/t19-/m0/s1. The van der Waals surface area contributed by atoms with Crippen molar-refractivity contribution in [2.75, 3.05) is 19.6 Å². The molecule has 3 nitrogen and oxygen atoms in total. The fraction of sp³-hybridized carbons (Fsp3) is 0.421. The zero-order chi connectivity index (χ0) is 16.6. The second-order valence-corrected chi connectivity index (χ2v) is 7.76. The molecule has 0 radical (unpaired) electrons. The van der Waals surface area contributed by atoms with Crippen LogP contribution in [-0.2, 0) is 17.9 Å². The van der Waals surface area contributed by atoms with E-state index in [9.17, 15) is 9.18 Å². The molecule has 1 amide bonds. The van der Waals surface area contributed by atoms with Gasteiger partial charge in [-0.3, -0.25) is 9.69 Å². The molecule has 0 saturated carbocycles. The van der Waals surface area contributed by atoms with Gasteiger partial charge < -0.3 is 4.90 Å². The third-order valence-corrected chi connectivity index (χ3v) is 6.01. The van der Waals surface area contributed by atoms with E-state index >= 15 is 0 Å². The SMILES string of the molecule is O=C1N(Cc2cccc(F)c2)CC[C@]12CCN(Cc1ccsc1)C2. The first-order valence-electron chi connectivity index (χ1n) is 8.42. The minimum atomic E-state index is -0.239. The molecule has 2 fully saturated rings. The molecule has 3 heterocycles. The van der Waals surface area contributed by atoms with Gasteiger partial charge in [-0.05, 0) is 59.5 Å². The smallest absolute Gasteiger partial charge is 0.230 e. The molecule has 24 heavy (non-hydrogen) atoms. The lowest BCUT2D eigenvalue weighted by Gasteiger charge is -2.23. The van der Waals surface area contributed by atoms with Crippen molar-refractivity contribution in [1.82, 2.24) is 9.80 Å². The van der Waals surface area contributed by atoms with Crippen molar-refractivity contribution in [3.63, 3.8) is 0 Å². The van der Waals surface area contributed by atoms with Crippen molar-refractivity contribution in [2.24, 2.45) is 5.41 Å². The average Bonchev–Trinajstić information content (AvgIpc) is 3.27. The van der Waals surface area contributed by atoms with Gasteiger partial charge in [0.1, 0.15) is 5.82 Å². The first kappa shape index (κ1) is 15.8. The molecule has 1 spiro atoms. The Morgan fingerprint density at radius 3 is 2.79 bits per heavy atom. The molecule has 2 aliphatic rings. The fourth-order valence-corrected chi connectivity index (χ4v) is 4.67. The highest BCUT2D eigenvalue weighted by Crippen LogP contribution is 2.41. The van der Waals surface area contributed by atoms with E-state index in [0.717, 1.165) is 44.6 Å². The molecule has 0 bridgehead atoms. The minimum Gasteiger partial charge on any atom is -0.338 e. The predicted octanol–water partition coefficient (Wildman–Crippen LogP) is 3.51. The zero-order valence-electron chi connectivity index (χ0n) is 13.6. The van der Waals surface area contributed by atoms with Gasteiger partial charge in [-0.25, -0.2) is 4.39 Å². The zero-order valence-corrected chi connectivity index (χ0v) is 14.4. The molecule has 1 atom stereocenters. The van der Waals surface area contributed by atoms with E-state index in [-0.39, 0.29) is 17.1 Å². The summed E-state index contributed by atoms with van der Waals surface area (Å²) >= 11 is 1.72. The molecule has 0 N–H and O–H groups in total. The predicted molar refractivity (Wildman–Crippen MR) is 93.1 cm³/mol. The Morgan fingerprint density at radius 2 is 2.00 bits per heavy atom. The van der Waals surface area contributed by atoms with Gasteiger partial charge >= 0.3 is 0 Å². The number of benzene rings is 1. The summed E-state index contributed by atoms with van der Waals surface area (Å²) in [5, 5.41) is 4.28. The fourth-order valence-electron chi connectivity index (χ4n) is 4.01. The molecule has 4 rings (SSSR count).